The summed E-state index contributed by atoms with van der Waals surface area (Å²) in [6, 6.07) is 26.3. The van der Waals surface area contributed by atoms with Crippen LogP contribution in [0.1, 0.15) is 6.92 Å². The van der Waals surface area contributed by atoms with Gasteiger partial charge in [-0.05, 0) is 33.6 Å². The van der Waals surface area contributed by atoms with Crippen LogP contribution in [0.5, 0.6) is 0 Å². The summed E-state index contributed by atoms with van der Waals surface area (Å²) in [4.78, 5) is 0. The van der Waals surface area contributed by atoms with Crippen LogP contribution in [0.15, 0.2) is 97.6 Å². The Kier molecular flexibility index (Phi) is 12.6. The average molecular weight is 510 g/mol. The maximum Gasteiger partial charge on any atom is 2.00 e. The van der Waals surface area contributed by atoms with Crippen molar-refractivity contribution >= 4 is 48.0 Å². The maximum absolute atomic E-state index is 3.46. The fourth-order valence-corrected chi connectivity index (χ4v) is 4.51. The molecule has 4 rings (SSSR count). The quantitative estimate of drug-likeness (QED) is 0.152. The SMILES string of the molecule is C=CC=CC.CP(C)c1cc2ccccc2[cH-]1.CP(C)c1cc2ccccc2[cH-]1.[Zr+2]. The Morgan fingerprint density at radius 1 is 0.733 bits per heavy atom. The van der Waals surface area contributed by atoms with Crippen molar-refractivity contribution in [3.8, 4) is 0 Å². The van der Waals surface area contributed by atoms with Crippen molar-refractivity contribution in [3.05, 3.63) is 97.6 Å². The van der Waals surface area contributed by atoms with E-state index in [9.17, 15) is 0 Å². The molecule has 0 heterocycles. The second-order valence-corrected chi connectivity index (χ2v) is 11.8. The van der Waals surface area contributed by atoms with Crippen LogP contribution in [0.3, 0.4) is 0 Å². The first kappa shape index (κ1) is 26.9. The van der Waals surface area contributed by atoms with Gasteiger partial charge in [0.2, 0.25) is 0 Å². The zero-order valence-electron chi connectivity index (χ0n) is 18.8. The summed E-state index contributed by atoms with van der Waals surface area (Å²) in [5.41, 5.74) is 0. The Morgan fingerprint density at radius 3 is 1.40 bits per heavy atom. The van der Waals surface area contributed by atoms with Gasteiger partial charge in [0, 0.05) is 0 Å². The van der Waals surface area contributed by atoms with Crippen molar-refractivity contribution in [2.24, 2.45) is 0 Å². The summed E-state index contributed by atoms with van der Waals surface area (Å²) in [5.74, 6) is 0. The predicted molar refractivity (Wildman–Crippen MR) is 141 cm³/mol. The molecule has 0 N–H and O–H groups in total. The minimum absolute atomic E-state index is 0. The van der Waals surface area contributed by atoms with Crippen LogP contribution >= 0.6 is 15.8 Å². The number of fused-ring (bicyclic) bond motifs is 2. The number of hydrogen-bond donors (Lipinski definition) is 0. The third kappa shape index (κ3) is 8.19. The van der Waals surface area contributed by atoms with Gasteiger partial charge in [-0.15, -0.1) is 96.5 Å². The second-order valence-electron chi connectivity index (χ2n) is 7.24. The van der Waals surface area contributed by atoms with E-state index >= 15 is 0 Å². The summed E-state index contributed by atoms with van der Waals surface area (Å²) in [5, 5.41) is 8.53. The van der Waals surface area contributed by atoms with E-state index in [0.717, 1.165) is 0 Å². The van der Waals surface area contributed by atoms with Gasteiger partial charge in [0.1, 0.15) is 0 Å². The van der Waals surface area contributed by atoms with Gasteiger partial charge in [0.05, 0.1) is 0 Å². The number of allylic oxidation sites excluding steroid dienone is 3. The van der Waals surface area contributed by atoms with Crippen LogP contribution in [-0.2, 0) is 26.2 Å². The van der Waals surface area contributed by atoms with E-state index in [4.69, 9.17) is 0 Å². The molecule has 0 radical (unpaired) electrons. The Bertz CT molecular complexity index is 907. The molecule has 154 valence electrons. The van der Waals surface area contributed by atoms with Gasteiger partial charge in [0.15, 0.2) is 0 Å². The van der Waals surface area contributed by atoms with Crippen LogP contribution in [-0.4, -0.2) is 26.7 Å². The molecule has 0 spiro atoms. The van der Waals surface area contributed by atoms with Gasteiger partial charge in [0.25, 0.3) is 0 Å². The van der Waals surface area contributed by atoms with Gasteiger partial charge in [-0.3, -0.25) is 0 Å². The molecule has 0 aliphatic heterocycles. The van der Waals surface area contributed by atoms with Gasteiger partial charge in [-0.2, -0.15) is 12.1 Å². The van der Waals surface area contributed by atoms with Crippen LogP contribution in [0.25, 0.3) is 21.5 Å². The molecular weight excluding hydrogens is 477 g/mol. The second kappa shape index (κ2) is 14.0. The Balaban J connectivity index is 0.000000241. The predicted octanol–water partition coefficient (Wildman–Crippen LogP) is 7.60. The van der Waals surface area contributed by atoms with Crippen LogP contribution < -0.4 is 10.6 Å². The van der Waals surface area contributed by atoms with Crippen molar-refractivity contribution in [1.29, 1.82) is 0 Å². The molecule has 0 amide bonds. The van der Waals surface area contributed by atoms with Gasteiger partial charge in [-0.1, -0.05) is 36.9 Å². The minimum Gasteiger partial charge on any atom is -0.161 e. The summed E-state index contributed by atoms with van der Waals surface area (Å²) in [6.07, 6.45) is 5.58. The Morgan fingerprint density at radius 2 is 1.13 bits per heavy atom. The topological polar surface area (TPSA) is 0 Å². The average Bonchev–Trinajstić information content (AvgIpc) is 3.34. The Labute approximate surface area is 204 Å². The van der Waals surface area contributed by atoms with Crippen molar-refractivity contribution < 1.29 is 26.2 Å². The molecule has 0 saturated heterocycles. The van der Waals surface area contributed by atoms with E-state index in [1.807, 2.05) is 19.1 Å². The third-order valence-corrected chi connectivity index (χ3v) is 7.15. The van der Waals surface area contributed by atoms with E-state index in [1.165, 1.54) is 32.2 Å². The van der Waals surface area contributed by atoms with Gasteiger partial charge >= 0.3 is 26.2 Å². The summed E-state index contributed by atoms with van der Waals surface area (Å²) < 4.78 is 0. The fourth-order valence-electron chi connectivity index (χ4n) is 2.92. The van der Waals surface area contributed by atoms with Gasteiger partial charge in [-0.25, -0.2) is 0 Å². The van der Waals surface area contributed by atoms with Crippen molar-refractivity contribution in [1.82, 2.24) is 0 Å². The van der Waals surface area contributed by atoms with Crippen LogP contribution in [0.4, 0.5) is 0 Å². The molecule has 3 heteroatoms. The minimum atomic E-state index is 0. The monoisotopic (exact) mass is 508 g/mol. The van der Waals surface area contributed by atoms with E-state index < -0.39 is 0 Å². The summed E-state index contributed by atoms with van der Waals surface area (Å²) in [6.45, 7) is 14.6. The normalized spacial score (nSPS) is 10.5. The first-order chi connectivity index (χ1) is 14.0. The molecule has 0 atom stereocenters. The van der Waals surface area contributed by atoms with E-state index in [1.54, 1.807) is 6.08 Å². The summed E-state index contributed by atoms with van der Waals surface area (Å²) in [7, 11) is 0.115. The zero-order valence-corrected chi connectivity index (χ0v) is 23.0. The maximum atomic E-state index is 3.46. The van der Waals surface area contributed by atoms with Crippen LogP contribution in [0.2, 0.25) is 0 Å². The van der Waals surface area contributed by atoms with Gasteiger partial charge < -0.3 is 0 Å². The molecule has 0 aliphatic rings. The first-order valence-corrected chi connectivity index (χ1v) is 14.3. The largest absolute Gasteiger partial charge is 2.00 e. The fraction of sp³-hybridized carbons (Fsp3) is 0.185. The number of rotatable bonds is 3. The molecule has 4 aromatic carbocycles. The first-order valence-electron chi connectivity index (χ1n) is 9.85. The number of benzene rings is 2. The Hall–Kier alpha value is -1.12. The molecule has 0 aliphatic carbocycles. The molecule has 0 unspecified atom stereocenters. The number of hydrogen-bond acceptors (Lipinski definition) is 0. The molecule has 30 heavy (non-hydrogen) atoms. The van der Waals surface area contributed by atoms with E-state index in [0.29, 0.717) is 0 Å². The molecule has 0 bridgehead atoms. The van der Waals surface area contributed by atoms with Crippen molar-refractivity contribution in [2.45, 2.75) is 6.92 Å². The molecular formula is C27H32P2Zr. The van der Waals surface area contributed by atoms with E-state index in [-0.39, 0.29) is 42.0 Å². The molecule has 0 aromatic heterocycles. The molecule has 0 fully saturated rings. The molecule has 4 aromatic rings. The van der Waals surface area contributed by atoms with Crippen LogP contribution in [0, 0.1) is 0 Å². The smallest absolute Gasteiger partial charge is 0.161 e. The molecule has 0 saturated carbocycles. The standard InChI is InChI=1S/2C11H12P.C5H8.Zr/c2*1-12(2)11-7-9-5-3-4-6-10(9)8-11;1-3-5-4-2;/h2*3-8H,1-2H3;3-5H,1H2,2H3;/q2*-1;;+2. The van der Waals surface area contributed by atoms with Crippen molar-refractivity contribution in [3.63, 3.8) is 0 Å². The summed E-state index contributed by atoms with van der Waals surface area (Å²) >= 11 is 0. The van der Waals surface area contributed by atoms with Crippen molar-refractivity contribution in [2.75, 3.05) is 26.7 Å². The zero-order chi connectivity index (χ0) is 21.2. The molecule has 0 nitrogen and oxygen atoms in total. The third-order valence-electron chi connectivity index (χ3n) is 4.57. The van der Waals surface area contributed by atoms with E-state index in [2.05, 4.69) is 106 Å².